The van der Waals surface area contributed by atoms with Crippen molar-refractivity contribution in [1.29, 1.82) is 0 Å². The van der Waals surface area contributed by atoms with Crippen LogP contribution in [0.15, 0.2) is 41.8 Å². The average molecular weight is 498 g/mol. The number of para-hydroxylation sites is 1. The van der Waals surface area contributed by atoms with Gasteiger partial charge in [0.15, 0.2) is 0 Å². The summed E-state index contributed by atoms with van der Waals surface area (Å²) in [4.78, 5) is 15.5. The van der Waals surface area contributed by atoms with Crippen molar-refractivity contribution in [3.63, 3.8) is 0 Å². The minimum Gasteiger partial charge on any atom is -0.396 e. The predicted molar refractivity (Wildman–Crippen MR) is 137 cm³/mol. The normalized spacial score (nSPS) is 22.4. The van der Waals surface area contributed by atoms with Gasteiger partial charge in [0.25, 0.3) is 0 Å². The van der Waals surface area contributed by atoms with Crippen LogP contribution >= 0.6 is 22.7 Å². The molecule has 0 saturated heterocycles. The first-order valence-corrected chi connectivity index (χ1v) is 13.0. The Morgan fingerprint density at radius 1 is 1.06 bits per heavy atom. The fourth-order valence-corrected chi connectivity index (χ4v) is 6.14. The third-order valence-corrected chi connectivity index (χ3v) is 8.18. The summed E-state index contributed by atoms with van der Waals surface area (Å²) >= 11 is 3.28. The molecule has 1 aromatic carbocycles. The van der Waals surface area contributed by atoms with E-state index in [-0.39, 0.29) is 12.5 Å². The predicted octanol–water partition coefficient (Wildman–Crippen LogP) is 3.29. The van der Waals surface area contributed by atoms with Crippen LogP contribution in [0.25, 0.3) is 20.8 Å². The summed E-state index contributed by atoms with van der Waals surface area (Å²) < 4.78 is 1.07. The van der Waals surface area contributed by atoms with E-state index in [0.29, 0.717) is 24.7 Å². The van der Waals surface area contributed by atoms with Crippen LogP contribution in [0.1, 0.15) is 17.0 Å². The summed E-state index contributed by atoms with van der Waals surface area (Å²) in [6.45, 7) is 2.44. The number of hydrogen-bond acceptors (Lipinski definition) is 10. The Hall–Kier alpha value is -2.63. The number of anilines is 2. The molecular formula is C24H27N5O3S2. The van der Waals surface area contributed by atoms with Crippen molar-refractivity contribution in [2.45, 2.75) is 38.0 Å². The van der Waals surface area contributed by atoms with Crippen molar-refractivity contribution >= 4 is 44.7 Å². The molecule has 4 aromatic rings. The van der Waals surface area contributed by atoms with Crippen LogP contribution in [0, 0.1) is 12.8 Å². The number of thiazole rings is 1. The van der Waals surface area contributed by atoms with E-state index in [1.807, 2.05) is 37.3 Å². The first-order chi connectivity index (χ1) is 16.5. The number of aromatic nitrogens is 3. The van der Waals surface area contributed by atoms with Crippen molar-refractivity contribution in [2.24, 2.45) is 5.92 Å². The van der Waals surface area contributed by atoms with Crippen LogP contribution in [0.2, 0.25) is 0 Å². The Morgan fingerprint density at radius 3 is 2.65 bits per heavy atom. The van der Waals surface area contributed by atoms with Crippen molar-refractivity contribution < 1.29 is 15.3 Å². The van der Waals surface area contributed by atoms with E-state index in [0.717, 1.165) is 32.9 Å². The first-order valence-electron chi connectivity index (χ1n) is 11.3. The topological polar surface area (TPSA) is 123 Å². The Labute approximate surface area is 205 Å². The van der Waals surface area contributed by atoms with Gasteiger partial charge in [0.2, 0.25) is 5.95 Å². The first kappa shape index (κ1) is 23.1. The van der Waals surface area contributed by atoms with E-state index in [9.17, 15) is 15.3 Å². The molecule has 0 unspecified atom stereocenters. The maximum absolute atomic E-state index is 10.6. The monoisotopic (exact) mass is 497 g/mol. The molecule has 10 heteroatoms. The molecule has 5 N–H and O–H groups in total. The highest BCUT2D eigenvalue weighted by molar-refractivity contribution is 7.21. The Bertz CT molecular complexity index is 1230. The second-order valence-corrected chi connectivity index (χ2v) is 10.6. The van der Waals surface area contributed by atoms with Crippen LogP contribution < -0.4 is 10.6 Å². The summed E-state index contributed by atoms with van der Waals surface area (Å²) in [6, 6.07) is 11.6. The van der Waals surface area contributed by atoms with E-state index in [4.69, 9.17) is 15.0 Å². The summed E-state index contributed by atoms with van der Waals surface area (Å²) in [6.07, 6.45) is -0.693. The van der Waals surface area contributed by atoms with Gasteiger partial charge in [-0.05, 0) is 43.3 Å². The molecule has 3 aromatic heterocycles. The quantitative estimate of drug-likeness (QED) is 0.251. The molecule has 3 heterocycles. The van der Waals surface area contributed by atoms with Gasteiger partial charge in [0.1, 0.15) is 16.9 Å². The van der Waals surface area contributed by atoms with Crippen molar-refractivity contribution in [2.75, 3.05) is 23.8 Å². The van der Waals surface area contributed by atoms with Crippen molar-refractivity contribution in [3.8, 4) is 10.6 Å². The standard InChI is InChI=1S/C24H27N5O3S2/c1-13-19(23-28-16-6-2-3-7-18(16)34-23)22(27-17-11-14(12-30)20(31)21(17)32)29-24(26-13)25-9-8-15-5-4-10-33-15/h2-7,10,14,17,20-21,30-32H,8-9,11-12H2,1H3,(H2,25,26,27,29)/t14-,17-,20-,21+/m1/s1. The van der Waals surface area contributed by atoms with E-state index in [2.05, 4.69) is 22.1 Å². The highest BCUT2D eigenvalue weighted by Crippen LogP contribution is 2.38. The van der Waals surface area contributed by atoms with Crippen molar-refractivity contribution in [3.05, 3.63) is 52.3 Å². The van der Waals surface area contributed by atoms with Crippen molar-refractivity contribution in [1.82, 2.24) is 15.0 Å². The third-order valence-electron chi connectivity index (χ3n) is 6.19. The van der Waals surface area contributed by atoms with Crippen LogP contribution in [-0.4, -0.2) is 61.7 Å². The molecule has 0 bridgehead atoms. The second-order valence-electron chi connectivity index (χ2n) is 8.51. The Balaban J connectivity index is 1.47. The number of thiophene rings is 1. The number of rotatable bonds is 8. The van der Waals surface area contributed by atoms with Gasteiger partial charge in [-0.15, -0.1) is 22.7 Å². The average Bonchev–Trinajstić information content (AvgIpc) is 3.55. The zero-order valence-corrected chi connectivity index (χ0v) is 20.3. The molecule has 1 fully saturated rings. The molecule has 4 atom stereocenters. The summed E-state index contributed by atoms with van der Waals surface area (Å²) in [7, 11) is 0. The number of benzene rings is 1. The van der Waals surface area contributed by atoms with Gasteiger partial charge < -0.3 is 26.0 Å². The van der Waals surface area contributed by atoms with Crippen LogP contribution in [0.4, 0.5) is 11.8 Å². The van der Waals surface area contributed by atoms with Gasteiger partial charge in [0, 0.05) is 23.9 Å². The Kier molecular flexibility index (Phi) is 6.75. The molecule has 0 amide bonds. The lowest BCUT2D eigenvalue weighted by Gasteiger charge is -2.21. The van der Waals surface area contributed by atoms with Crippen LogP contribution in [-0.2, 0) is 6.42 Å². The molecule has 0 radical (unpaired) electrons. The van der Waals surface area contributed by atoms with Gasteiger partial charge in [0.05, 0.1) is 33.6 Å². The molecule has 34 heavy (non-hydrogen) atoms. The lowest BCUT2D eigenvalue weighted by Crippen LogP contribution is -2.35. The maximum Gasteiger partial charge on any atom is 0.224 e. The van der Waals surface area contributed by atoms with Crippen LogP contribution in [0.5, 0.6) is 0 Å². The van der Waals surface area contributed by atoms with E-state index < -0.39 is 18.2 Å². The Morgan fingerprint density at radius 2 is 1.91 bits per heavy atom. The molecule has 8 nitrogen and oxygen atoms in total. The smallest absolute Gasteiger partial charge is 0.224 e. The number of aliphatic hydroxyl groups is 3. The number of nitrogens with one attached hydrogen (secondary N) is 2. The molecule has 1 aliphatic carbocycles. The van der Waals surface area contributed by atoms with Crippen LogP contribution in [0.3, 0.4) is 0 Å². The molecule has 1 saturated carbocycles. The number of fused-ring (bicyclic) bond motifs is 1. The van der Waals surface area contributed by atoms with E-state index in [1.54, 1.807) is 22.7 Å². The molecule has 0 aliphatic heterocycles. The number of aryl methyl sites for hydroxylation is 1. The fraction of sp³-hybridized carbons (Fsp3) is 0.375. The summed E-state index contributed by atoms with van der Waals surface area (Å²) in [5.74, 6) is 0.665. The van der Waals surface area contributed by atoms with Gasteiger partial charge in [-0.2, -0.15) is 4.98 Å². The van der Waals surface area contributed by atoms with Gasteiger partial charge >= 0.3 is 0 Å². The zero-order chi connectivity index (χ0) is 23.7. The van der Waals surface area contributed by atoms with E-state index in [1.165, 1.54) is 4.88 Å². The minimum absolute atomic E-state index is 0.181. The highest BCUT2D eigenvalue weighted by Gasteiger charge is 2.41. The van der Waals surface area contributed by atoms with Gasteiger partial charge in [-0.1, -0.05) is 18.2 Å². The summed E-state index contributed by atoms with van der Waals surface area (Å²) in [5.41, 5.74) is 2.45. The molecule has 0 spiro atoms. The maximum atomic E-state index is 10.6. The number of aliphatic hydroxyl groups excluding tert-OH is 3. The lowest BCUT2D eigenvalue weighted by molar-refractivity contribution is 0.00446. The molecular weight excluding hydrogens is 470 g/mol. The largest absolute Gasteiger partial charge is 0.396 e. The molecule has 178 valence electrons. The highest BCUT2D eigenvalue weighted by atomic mass is 32.1. The summed E-state index contributed by atoms with van der Waals surface area (Å²) in [5, 5.41) is 40.0. The lowest BCUT2D eigenvalue weighted by atomic mass is 10.1. The van der Waals surface area contributed by atoms with E-state index >= 15 is 0 Å². The zero-order valence-electron chi connectivity index (χ0n) is 18.7. The molecule has 1 aliphatic rings. The van der Waals surface area contributed by atoms with Gasteiger partial charge in [-0.3, -0.25) is 0 Å². The number of nitrogens with zero attached hydrogens (tertiary/aromatic N) is 3. The third kappa shape index (κ3) is 4.64. The second kappa shape index (κ2) is 9.93. The SMILES string of the molecule is Cc1nc(NCCc2cccs2)nc(N[C@@H]2C[C@H](CO)[C@@H](O)[C@H]2O)c1-c1nc2ccccc2s1. The molecule has 5 rings (SSSR count). The van der Waals surface area contributed by atoms with Gasteiger partial charge in [-0.25, -0.2) is 9.97 Å². The fourth-order valence-electron chi connectivity index (χ4n) is 4.37. The number of hydrogen-bond donors (Lipinski definition) is 5. The minimum atomic E-state index is -1.01.